The summed E-state index contributed by atoms with van der Waals surface area (Å²) in [4.78, 5) is 54.1. The second-order valence-electron chi connectivity index (χ2n) is 9.91. The average molecular weight is 622 g/mol. The lowest BCUT2D eigenvalue weighted by atomic mass is 10.1. The van der Waals surface area contributed by atoms with Gasteiger partial charge in [0.2, 0.25) is 11.7 Å². The summed E-state index contributed by atoms with van der Waals surface area (Å²) in [5.74, 6) is -5.46. The molecule has 1 heterocycles. The lowest BCUT2D eigenvalue weighted by Crippen LogP contribution is -2.62. The van der Waals surface area contributed by atoms with Crippen molar-refractivity contribution in [2.75, 3.05) is 32.6 Å². The molecule has 1 aliphatic rings. The number of nitrogens with one attached hydrogen (secondary N) is 2. The maximum Gasteiger partial charge on any atom is 0.289 e. The van der Waals surface area contributed by atoms with Crippen molar-refractivity contribution in [3.63, 3.8) is 0 Å². The van der Waals surface area contributed by atoms with Crippen LogP contribution in [0.25, 0.3) is 0 Å². The summed E-state index contributed by atoms with van der Waals surface area (Å²) in [6.07, 6.45) is -0.798. The molecule has 0 radical (unpaired) electrons. The maximum atomic E-state index is 14.0. The predicted molar refractivity (Wildman–Crippen MR) is 154 cm³/mol. The Morgan fingerprint density at radius 3 is 1.98 bits per heavy atom. The number of carbonyl (C=O) groups excluding carboxylic acids is 4. The highest BCUT2D eigenvalue weighted by atomic mass is 32.3. The van der Waals surface area contributed by atoms with E-state index in [-0.39, 0.29) is 44.8 Å². The molecular weight excluding hydrogens is 586 g/mol. The third-order valence-corrected chi connectivity index (χ3v) is 12.2. The lowest BCUT2D eigenvalue weighted by Gasteiger charge is -2.34. The number of Topliss-reactive ketones (excluding diaryl/α,β-unsaturated/α-hetero) is 1. The minimum Gasteiger partial charge on any atom is -0.378 e. The number of sulfone groups is 2. The van der Waals surface area contributed by atoms with Gasteiger partial charge in [0, 0.05) is 25.9 Å². The fourth-order valence-electron chi connectivity index (χ4n) is 4.54. The van der Waals surface area contributed by atoms with Gasteiger partial charge >= 0.3 is 0 Å². The average Bonchev–Trinajstić information content (AvgIpc) is 2.97. The Morgan fingerprint density at radius 2 is 1.45 bits per heavy atom. The normalized spacial score (nSPS) is 16.1. The monoisotopic (exact) mass is 621 g/mol. The molecular formula is C28H35N3O9S2. The molecule has 228 valence electrons. The van der Waals surface area contributed by atoms with Crippen LogP contribution in [0.4, 0.5) is 0 Å². The van der Waals surface area contributed by atoms with E-state index in [1.165, 1.54) is 24.0 Å². The number of nitrogens with zero attached hydrogens (tertiary/aromatic N) is 1. The van der Waals surface area contributed by atoms with Gasteiger partial charge in [-0.1, -0.05) is 67.6 Å². The molecule has 2 atom stereocenters. The molecule has 12 nitrogen and oxygen atoms in total. The molecule has 0 aliphatic carbocycles. The number of carbonyl (C=O) groups is 4. The van der Waals surface area contributed by atoms with E-state index in [4.69, 9.17) is 4.74 Å². The first-order chi connectivity index (χ1) is 19.8. The fraction of sp³-hybridized carbons (Fsp3) is 0.429. The highest BCUT2D eigenvalue weighted by Gasteiger charge is 2.61. The highest BCUT2D eigenvalue weighted by Crippen LogP contribution is 2.33. The van der Waals surface area contributed by atoms with Gasteiger partial charge in [-0.2, -0.15) is 0 Å². The Hall–Kier alpha value is -3.62. The quantitative estimate of drug-likeness (QED) is 0.300. The van der Waals surface area contributed by atoms with Gasteiger partial charge < -0.3 is 20.3 Å². The van der Waals surface area contributed by atoms with Crippen LogP contribution < -0.4 is 10.6 Å². The summed E-state index contributed by atoms with van der Waals surface area (Å²) in [5.41, 5.74) is 0.904. The van der Waals surface area contributed by atoms with Crippen LogP contribution in [0.2, 0.25) is 0 Å². The van der Waals surface area contributed by atoms with Crippen LogP contribution in [0.3, 0.4) is 0 Å². The van der Waals surface area contributed by atoms with Crippen molar-refractivity contribution in [3.05, 3.63) is 71.8 Å². The van der Waals surface area contributed by atoms with E-state index in [0.717, 1.165) is 0 Å². The van der Waals surface area contributed by atoms with Crippen molar-refractivity contribution >= 4 is 43.2 Å². The Bertz CT molecular complexity index is 1490. The van der Waals surface area contributed by atoms with E-state index in [0.29, 0.717) is 11.8 Å². The Labute approximate surface area is 245 Å². The van der Waals surface area contributed by atoms with Crippen molar-refractivity contribution in [1.29, 1.82) is 0 Å². The first-order valence-corrected chi connectivity index (χ1v) is 16.8. The minimum atomic E-state index is -4.96. The van der Waals surface area contributed by atoms with Gasteiger partial charge in [-0.15, -0.1) is 0 Å². The fourth-order valence-corrected chi connectivity index (χ4v) is 8.89. The molecule has 3 amide bonds. The smallest absolute Gasteiger partial charge is 0.289 e. The summed E-state index contributed by atoms with van der Waals surface area (Å²) in [6, 6.07) is 14.8. The van der Waals surface area contributed by atoms with Crippen LogP contribution in [0.1, 0.15) is 30.9 Å². The van der Waals surface area contributed by atoms with Gasteiger partial charge in [0.05, 0.1) is 31.4 Å². The molecule has 0 bridgehead atoms. The number of benzene rings is 2. The number of hydrogen-bond acceptors (Lipinski definition) is 9. The molecule has 1 fully saturated rings. The van der Waals surface area contributed by atoms with E-state index in [2.05, 4.69) is 10.6 Å². The van der Waals surface area contributed by atoms with Crippen LogP contribution in [0, 0.1) is 0 Å². The van der Waals surface area contributed by atoms with Crippen LogP contribution >= 0.6 is 0 Å². The zero-order valence-electron chi connectivity index (χ0n) is 23.4. The Balaban J connectivity index is 1.97. The summed E-state index contributed by atoms with van der Waals surface area (Å²) in [5, 5.41) is 4.64. The van der Waals surface area contributed by atoms with E-state index < -0.39 is 65.5 Å². The summed E-state index contributed by atoms with van der Waals surface area (Å²) in [7, 11) is -9.84. The van der Waals surface area contributed by atoms with E-state index in [1.54, 1.807) is 48.5 Å². The largest absolute Gasteiger partial charge is 0.378 e. The molecule has 0 saturated carbocycles. The molecule has 0 spiro atoms. The number of hydrogen-bond donors (Lipinski definition) is 2. The molecule has 14 heteroatoms. The summed E-state index contributed by atoms with van der Waals surface area (Å²) >= 11 is 0. The van der Waals surface area contributed by atoms with Gasteiger partial charge in [-0.25, -0.2) is 16.8 Å². The molecule has 1 aliphatic heterocycles. The van der Waals surface area contributed by atoms with Crippen molar-refractivity contribution in [3.8, 4) is 0 Å². The van der Waals surface area contributed by atoms with Crippen molar-refractivity contribution in [1.82, 2.24) is 15.5 Å². The van der Waals surface area contributed by atoms with Gasteiger partial charge in [0.15, 0.2) is 19.7 Å². The predicted octanol–water partition coefficient (Wildman–Crippen LogP) is 0.372. The van der Waals surface area contributed by atoms with Crippen LogP contribution in [-0.4, -0.2) is 87.9 Å². The number of amides is 3. The molecule has 1 saturated heterocycles. The van der Waals surface area contributed by atoms with E-state index in [9.17, 15) is 36.0 Å². The zero-order chi connectivity index (χ0) is 31.0. The SMILES string of the molecule is CC[C@H](NC(=O)C(CC(=O)N1CCOCC1)(S(C)(=O)=O)S(=O)(=O)Cc1ccccc1)C(=O)C(=O)NCc1ccccc1. The topological polar surface area (TPSA) is 173 Å². The zero-order valence-corrected chi connectivity index (χ0v) is 25.1. The van der Waals surface area contributed by atoms with Crippen molar-refractivity contribution < 1.29 is 40.8 Å². The second-order valence-corrected chi connectivity index (χ2v) is 14.6. The van der Waals surface area contributed by atoms with E-state index >= 15 is 0 Å². The Morgan fingerprint density at radius 1 is 0.905 bits per heavy atom. The first kappa shape index (κ1) is 32.9. The van der Waals surface area contributed by atoms with Crippen LogP contribution in [0.5, 0.6) is 0 Å². The van der Waals surface area contributed by atoms with Gasteiger partial charge in [0.1, 0.15) is 0 Å². The van der Waals surface area contributed by atoms with Gasteiger partial charge in [-0.05, 0) is 17.5 Å². The standard InChI is InChI=1S/C28H35N3O9S2/c1-3-23(25(33)26(34)29-19-21-10-6-4-7-11-21)30-27(35)28(41(2,36)37,18-24(32)31-14-16-40-17-15-31)42(38,39)20-22-12-8-5-9-13-22/h4-13,23H,3,14-20H2,1-2H3,(H,29,34)(H,30,35)/t23-,28?/m0/s1. The number of rotatable bonds is 13. The molecule has 2 aromatic carbocycles. The van der Waals surface area contributed by atoms with E-state index in [1.807, 2.05) is 0 Å². The Kier molecular flexibility index (Phi) is 11.0. The molecule has 42 heavy (non-hydrogen) atoms. The van der Waals surface area contributed by atoms with Crippen LogP contribution in [0.15, 0.2) is 60.7 Å². The van der Waals surface area contributed by atoms with Crippen molar-refractivity contribution in [2.45, 2.75) is 42.2 Å². The first-order valence-electron chi connectivity index (χ1n) is 13.3. The number of ether oxygens (including phenoxy) is 1. The van der Waals surface area contributed by atoms with Crippen molar-refractivity contribution in [2.24, 2.45) is 0 Å². The molecule has 0 aromatic heterocycles. The third kappa shape index (κ3) is 7.61. The molecule has 1 unspecified atom stereocenters. The molecule has 2 aromatic rings. The highest BCUT2D eigenvalue weighted by molar-refractivity contribution is 8.10. The molecule has 3 rings (SSSR count). The third-order valence-electron chi connectivity index (χ3n) is 6.94. The second kappa shape index (κ2) is 14.0. The lowest BCUT2D eigenvalue weighted by molar-refractivity contribution is -0.141. The minimum absolute atomic E-state index is 0.0164. The maximum absolute atomic E-state index is 14.0. The van der Waals surface area contributed by atoms with Crippen LogP contribution in [-0.2, 0) is 55.9 Å². The number of ketones is 1. The van der Waals surface area contributed by atoms with Gasteiger partial charge in [0.25, 0.3) is 15.9 Å². The summed E-state index contributed by atoms with van der Waals surface area (Å²) in [6.45, 7) is 1.96. The number of morpholine rings is 1. The summed E-state index contributed by atoms with van der Waals surface area (Å²) < 4.78 is 56.6. The van der Waals surface area contributed by atoms with Gasteiger partial charge in [-0.3, -0.25) is 19.2 Å². The molecule has 2 N–H and O–H groups in total.